The molecule has 2 saturated carbocycles. The summed E-state index contributed by atoms with van der Waals surface area (Å²) in [4.78, 5) is 25.9. The number of hydrogen-bond donors (Lipinski definition) is 2. The number of rotatable bonds is 7. The highest BCUT2D eigenvalue weighted by atomic mass is 32.2. The lowest BCUT2D eigenvalue weighted by molar-refractivity contribution is -0.115. The highest BCUT2D eigenvalue weighted by Crippen LogP contribution is 2.46. The number of amides is 2. The number of nitrogens with zero attached hydrogens (tertiary/aromatic N) is 3. The molecule has 2 fully saturated rings. The second-order valence-electron chi connectivity index (χ2n) is 7.89. The topological polar surface area (TPSA) is 103 Å². The van der Waals surface area contributed by atoms with Gasteiger partial charge in [-0.1, -0.05) is 11.8 Å². The van der Waals surface area contributed by atoms with Gasteiger partial charge in [0, 0.05) is 16.8 Å². The van der Waals surface area contributed by atoms with Crippen LogP contribution in [0.5, 0.6) is 0 Å². The van der Waals surface area contributed by atoms with E-state index in [1.165, 1.54) is 40.8 Å². The maximum absolute atomic E-state index is 12.8. The van der Waals surface area contributed by atoms with Gasteiger partial charge in [-0.2, -0.15) is 0 Å². The number of hydrogen-bond acceptors (Lipinski definition) is 6. The summed E-state index contributed by atoms with van der Waals surface area (Å²) in [7, 11) is 0. The molecule has 5 rings (SSSR count). The number of thioether (sulfide) groups is 1. The van der Waals surface area contributed by atoms with Gasteiger partial charge >= 0.3 is 0 Å². The van der Waals surface area contributed by atoms with E-state index in [2.05, 4.69) is 20.1 Å². The van der Waals surface area contributed by atoms with Crippen LogP contribution in [-0.2, 0) is 17.6 Å². The monoisotopic (exact) mass is 417 g/mol. The SMILES string of the molecule is C[C@@H](Sc1nnc(C2CC2)n1C1CC1)C(=O)Nc1sc2c(c1C(N)=O)CCC2. The second-order valence-corrected chi connectivity index (χ2v) is 10.3. The Balaban J connectivity index is 1.33. The minimum atomic E-state index is -0.461. The number of thiophene rings is 1. The lowest BCUT2D eigenvalue weighted by atomic mass is 10.1. The van der Waals surface area contributed by atoms with E-state index < -0.39 is 5.91 Å². The number of nitrogens with two attached hydrogens (primary N) is 1. The Morgan fingerprint density at radius 1 is 1.25 bits per heavy atom. The average molecular weight is 418 g/mol. The quantitative estimate of drug-likeness (QED) is 0.673. The van der Waals surface area contributed by atoms with Crippen LogP contribution in [0.25, 0.3) is 0 Å². The van der Waals surface area contributed by atoms with Crippen molar-refractivity contribution in [3.05, 3.63) is 21.8 Å². The molecule has 3 aliphatic carbocycles. The molecule has 0 aromatic carbocycles. The van der Waals surface area contributed by atoms with Gasteiger partial charge in [-0.15, -0.1) is 21.5 Å². The zero-order valence-electron chi connectivity index (χ0n) is 15.7. The summed E-state index contributed by atoms with van der Waals surface area (Å²) in [5.41, 5.74) is 7.12. The van der Waals surface area contributed by atoms with E-state index in [4.69, 9.17) is 5.73 Å². The van der Waals surface area contributed by atoms with E-state index in [0.29, 0.717) is 22.5 Å². The predicted molar refractivity (Wildman–Crippen MR) is 109 cm³/mol. The lowest BCUT2D eigenvalue weighted by Gasteiger charge is -2.13. The molecule has 3 aliphatic rings. The first kappa shape index (κ1) is 18.2. The third kappa shape index (κ3) is 3.24. The third-order valence-electron chi connectivity index (χ3n) is 5.60. The first-order valence-corrected chi connectivity index (χ1v) is 11.6. The molecule has 0 radical (unpaired) electrons. The van der Waals surface area contributed by atoms with Crippen molar-refractivity contribution < 1.29 is 9.59 Å². The molecule has 2 aromatic heterocycles. The van der Waals surface area contributed by atoms with Gasteiger partial charge in [0.1, 0.15) is 10.8 Å². The number of fused-ring (bicyclic) bond motifs is 1. The van der Waals surface area contributed by atoms with Crippen molar-refractivity contribution in [3.63, 3.8) is 0 Å². The summed E-state index contributed by atoms with van der Waals surface area (Å²) in [6.07, 6.45) is 7.55. The smallest absolute Gasteiger partial charge is 0.251 e. The molecular formula is C19H23N5O2S2. The molecule has 0 spiro atoms. The van der Waals surface area contributed by atoms with Crippen molar-refractivity contribution in [2.45, 2.75) is 74.2 Å². The zero-order valence-corrected chi connectivity index (χ0v) is 17.4. The highest BCUT2D eigenvalue weighted by Gasteiger charge is 2.37. The van der Waals surface area contributed by atoms with E-state index >= 15 is 0 Å². The maximum atomic E-state index is 12.8. The Labute approximate surface area is 171 Å². The highest BCUT2D eigenvalue weighted by molar-refractivity contribution is 8.00. The molecule has 0 bridgehead atoms. The minimum Gasteiger partial charge on any atom is -0.365 e. The van der Waals surface area contributed by atoms with E-state index in [9.17, 15) is 9.59 Å². The van der Waals surface area contributed by atoms with Gasteiger partial charge in [0.2, 0.25) is 5.91 Å². The molecule has 0 saturated heterocycles. The predicted octanol–water partition coefficient (Wildman–Crippen LogP) is 3.26. The molecule has 7 nitrogen and oxygen atoms in total. The van der Waals surface area contributed by atoms with Crippen LogP contribution < -0.4 is 11.1 Å². The van der Waals surface area contributed by atoms with E-state index in [-0.39, 0.29) is 11.2 Å². The molecular weight excluding hydrogens is 394 g/mol. The number of anilines is 1. The normalized spacial score (nSPS) is 19.5. The number of carbonyl (C=O) groups is 2. The number of primary amides is 1. The summed E-state index contributed by atoms with van der Waals surface area (Å²) in [6.45, 7) is 1.87. The summed E-state index contributed by atoms with van der Waals surface area (Å²) in [5.74, 6) is 1.03. The van der Waals surface area contributed by atoms with Crippen LogP contribution in [0.3, 0.4) is 0 Å². The van der Waals surface area contributed by atoms with Gasteiger partial charge in [-0.25, -0.2) is 0 Å². The van der Waals surface area contributed by atoms with Crippen molar-refractivity contribution in [2.24, 2.45) is 5.73 Å². The van der Waals surface area contributed by atoms with Crippen LogP contribution in [-0.4, -0.2) is 31.8 Å². The first-order valence-electron chi connectivity index (χ1n) is 9.89. The Kier molecular flexibility index (Phi) is 4.46. The molecule has 9 heteroatoms. The maximum Gasteiger partial charge on any atom is 0.251 e. The second kappa shape index (κ2) is 6.88. The van der Waals surface area contributed by atoms with Crippen LogP contribution in [0, 0.1) is 0 Å². The van der Waals surface area contributed by atoms with E-state index in [0.717, 1.165) is 48.6 Å². The molecule has 0 unspecified atom stereocenters. The Morgan fingerprint density at radius 2 is 2.04 bits per heavy atom. The van der Waals surface area contributed by atoms with Gasteiger partial charge in [0.05, 0.1) is 10.8 Å². The van der Waals surface area contributed by atoms with Crippen LogP contribution in [0.4, 0.5) is 5.00 Å². The fraction of sp³-hybridized carbons (Fsp3) is 0.579. The number of aromatic nitrogens is 3. The number of aryl methyl sites for hydroxylation is 1. The third-order valence-corrected chi connectivity index (χ3v) is 7.87. The van der Waals surface area contributed by atoms with Crippen LogP contribution in [0.15, 0.2) is 5.16 Å². The van der Waals surface area contributed by atoms with E-state index in [1.807, 2.05) is 6.92 Å². The van der Waals surface area contributed by atoms with Gasteiger partial charge in [0.15, 0.2) is 5.16 Å². The Morgan fingerprint density at radius 3 is 2.71 bits per heavy atom. The number of carbonyl (C=O) groups excluding carboxylic acids is 2. The fourth-order valence-corrected chi connectivity index (χ4v) is 6.07. The van der Waals surface area contributed by atoms with Crippen molar-refractivity contribution in [1.82, 2.24) is 14.8 Å². The van der Waals surface area contributed by atoms with Crippen molar-refractivity contribution in [3.8, 4) is 0 Å². The van der Waals surface area contributed by atoms with Gasteiger partial charge in [-0.3, -0.25) is 9.59 Å². The molecule has 2 heterocycles. The van der Waals surface area contributed by atoms with Crippen molar-refractivity contribution in [2.75, 3.05) is 5.32 Å². The van der Waals surface area contributed by atoms with Crippen molar-refractivity contribution in [1.29, 1.82) is 0 Å². The summed E-state index contributed by atoms with van der Waals surface area (Å²) in [5, 5.41) is 12.8. The molecule has 2 amide bonds. The summed E-state index contributed by atoms with van der Waals surface area (Å²) in [6, 6.07) is 0.491. The summed E-state index contributed by atoms with van der Waals surface area (Å²) < 4.78 is 2.25. The standard InChI is InChI=1S/C19H23N5O2S2/c1-9(27-19-23-22-16(10-5-6-10)24(19)11-7-8-11)17(26)21-18-14(15(20)25)12-3-2-4-13(12)28-18/h9-11H,2-8H2,1H3,(H2,20,25)(H,21,26)/t9-/m1/s1. The largest absolute Gasteiger partial charge is 0.365 e. The molecule has 148 valence electrons. The van der Waals surface area contributed by atoms with Crippen LogP contribution in [0.2, 0.25) is 0 Å². The zero-order chi connectivity index (χ0) is 19.4. The first-order chi connectivity index (χ1) is 13.5. The summed E-state index contributed by atoms with van der Waals surface area (Å²) >= 11 is 2.93. The van der Waals surface area contributed by atoms with E-state index in [1.54, 1.807) is 0 Å². The molecule has 2 aromatic rings. The average Bonchev–Trinajstić information content (AvgIpc) is 3.55. The van der Waals surface area contributed by atoms with Gasteiger partial charge in [0.25, 0.3) is 5.91 Å². The molecule has 0 aliphatic heterocycles. The van der Waals surface area contributed by atoms with Gasteiger partial charge in [-0.05, 0) is 57.4 Å². The fourth-order valence-electron chi connectivity index (χ4n) is 3.84. The Hall–Kier alpha value is -1.87. The lowest BCUT2D eigenvalue weighted by Crippen LogP contribution is -2.24. The minimum absolute atomic E-state index is 0.134. The van der Waals surface area contributed by atoms with Crippen LogP contribution in [0.1, 0.15) is 77.6 Å². The Bertz CT molecular complexity index is 958. The van der Waals surface area contributed by atoms with Crippen molar-refractivity contribution >= 4 is 39.9 Å². The van der Waals surface area contributed by atoms with Crippen LogP contribution >= 0.6 is 23.1 Å². The van der Waals surface area contributed by atoms with Gasteiger partial charge < -0.3 is 15.6 Å². The molecule has 1 atom stereocenters. The molecule has 28 heavy (non-hydrogen) atoms. The molecule has 3 N–H and O–H groups in total. The number of nitrogens with one attached hydrogen (secondary N) is 1.